The van der Waals surface area contributed by atoms with Gasteiger partial charge in [-0.15, -0.1) is 0 Å². The first-order chi connectivity index (χ1) is 9.13. The van der Waals surface area contributed by atoms with Crippen molar-refractivity contribution >= 4 is 34.6 Å². The minimum absolute atomic E-state index is 0.213. The third-order valence-electron chi connectivity index (χ3n) is 2.65. The van der Waals surface area contributed by atoms with Crippen LogP contribution in [-0.4, -0.2) is 5.71 Å². The third-order valence-corrected chi connectivity index (χ3v) is 3.28. The molecular formula is C15H10Cl2N2. The number of rotatable bonds is 2. The number of benzene rings is 2. The molecule has 0 saturated heterocycles. The van der Waals surface area contributed by atoms with Gasteiger partial charge in [-0.3, -0.25) is 0 Å². The standard InChI is InChI=1S/C15H10Cl2N2/c1-10-5-2-3-8-13(10)19-14(9-18)15-11(16)6-4-7-12(15)17/h2-8H,1H3/b19-14+. The number of halogens is 2. The smallest absolute Gasteiger partial charge is 0.151 e. The molecule has 0 atom stereocenters. The lowest BCUT2D eigenvalue weighted by Gasteiger charge is -2.05. The van der Waals surface area contributed by atoms with E-state index in [-0.39, 0.29) is 5.71 Å². The van der Waals surface area contributed by atoms with Gasteiger partial charge in [-0.2, -0.15) is 5.26 Å². The van der Waals surface area contributed by atoms with Crippen LogP contribution in [0, 0.1) is 18.3 Å². The van der Waals surface area contributed by atoms with Gasteiger partial charge >= 0.3 is 0 Å². The van der Waals surface area contributed by atoms with E-state index in [9.17, 15) is 5.26 Å². The highest BCUT2D eigenvalue weighted by Gasteiger charge is 2.12. The zero-order valence-corrected chi connectivity index (χ0v) is 11.7. The summed E-state index contributed by atoms with van der Waals surface area (Å²) in [4.78, 5) is 4.36. The first-order valence-corrected chi connectivity index (χ1v) is 6.38. The quantitative estimate of drug-likeness (QED) is 0.721. The minimum atomic E-state index is 0.213. The van der Waals surface area contributed by atoms with E-state index >= 15 is 0 Å². The van der Waals surface area contributed by atoms with Crippen LogP contribution in [0.25, 0.3) is 0 Å². The molecule has 94 valence electrons. The second-order valence-electron chi connectivity index (χ2n) is 3.96. The van der Waals surface area contributed by atoms with Crippen LogP contribution in [0.4, 0.5) is 5.69 Å². The van der Waals surface area contributed by atoms with Gasteiger partial charge in [0.25, 0.3) is 0 Å². The average Bonchev–Trinajstić information content (AvgIpc) is 2.39. The van der Waals surface area contributed by atoms with Crippen LogP contribution in [0.15, 0.2) is 47.5 Å². The van der Waals surface area contributed by atoms with Crippen LogP contribution in [0.1, 0.15) is 11.1 Å². The number of hydrogen-bond acceptors (Lipinski definition) is 2. The van der Waals surface area contributed by atoms with Crippen molar-refractivity contribution in [3.8, 4) is 6.07 Å². The molecule has 0 aliphatic rings. The number of aryl methyl sites for hydroxylation is 1. The Morgan fingerprint density at radius 1 is 1.05 bits per heavy atom. The number of para-hydroxylation sites is 1. The maximum atomic E-state index is 9.28. The van der Waals surface area contributed by atoms with Crippen molar-refractivity contribution in [1.29, 1.82) is 5.26 Å². The first kappa shape index (κ1) is 13.6. The molecule has 0 fully saturated rings. The Balaban J connectivity index is 2.59. The van der Waals surface area contributed by atoms with Crippen LogP contribution in [0.5, 0.6) is 0 Å². The Bertz CT molecular complexity index is 665. The molecular weight excluding hydrogens is 279 g/mol. The zero-order valence-electron chi connectivity index (χ0n) is 10.2. The fourth-order valence-electron chi connectivity index (χ4n) is 1.67. The summed E-state index contributed by atoms with van der Waals surface area (Å²) in [5.41, 5.74) is 2.40. The van der Waals surface area contributed by atoms with Gasteiger partial charge in [-0.25, -0.2) is 4.99 Å². The molecule has 2 aromatic rings. The van der Waals surface area contributed by atoms with E-state index in [0.717, 1.165) is 11.3 Å². The van der Waals surface area contributed by atoms with Gasteiger partial charge in [0.2, 0.25) is 0 Å². The summed E-state index contributed by atoms with van der Waals surface area (Å²) < 4.78 is 0. The van der Waals surface area contributed by atoms with Crippen molar-refractivity contribution in [2.75, 3.05) is 0 Å². The molecule has 19 heavy (non-hydrogen) atoms. The fraction of sp³-hybridized carbons (Fsp3) is 0.0667. The highest BCUT2D eigenvalue weighted by Crippen LogP contribution is 2.27. The lowest BCUT2D eigenvalue weighted by Crippen LogP contribution is -1.99. The monoisotopic (exact) mass is 288 g/mol. The summed E-state index contributed by atoms with van der Waals surface area (Å²) >= 11 is 12.2. The van der Waals surface area contributed by atoms with E-state index in [1.54, 1.807) is 18.2 Å². The van der Waals surface area contributed by atoms with Crippen LogP contribution in [-0.2, 0) is 0 Å². The molecule has 0 bridgehead atoms. The molecule has 2 aromatic carbocycles. The molecule has 4 heteroatoms. The van der Waals surface area contributed by atoms with Crippen molar-refractivity contribution in [2.45, 2.75) is 6.92 Å². The van der Waals surface area contributed by atoms with Gasteiger partial charge in [0, 0.05) is 5.56 Å². The zero-order chi connectivity index (χ0) is 13.8. The highest BCUT2D eigenvalue weighted by atomic mass is 35.5. The first-order valence-electron chi connectivity index (χ1n) is 5.62. The predicted octanol–water partition coefficient (Wildman–Crippen LogP) is 4.95. The summed E-state index contributed by atoms with van der Waals surface area (Å²) in [6.45, 7) is 1.93. The van der Waals surface area contributed by atoms with E-state index in [0.29, 0.717) is 15.6 Å². The van der Waals surface area contributed by atoms with Crippen molar-refractivity contribution in [3.63, 3.8) is 0 Å². The molecule has 0 aliphatic carbocycles. The van der Waals surface area contributed by atoms with Crippen molar-refractivity contribution in [3.05, 3.63) is 63.6 Å². The van der Waals surface area contributed by atoms with Gasteiger partial charge in [0.15, 0.2) is 5.71 Å². The SMILES string of the molecule is Cc1ccccc1/N=C(\C#N)c1c(Cl)cccc1Cl. The van der Waals surface area contributed by atoms with Crippen LogP contribution in [0.3, 0.4) is 0 Å². The second kappa shape index (κ2) is 5.88. The van der Waals surface area contributed by atoms with Gasteiger partial charge in [-0.1, -0.05) is 47.5 Å². The maximum Gasteiger partial charge on any atom is 0.151 e. The molecule has 0 aliphatic heterocycles. The van der Waals surface area contributed by atoms with E-state index in [2.05, 4.69) is 11.1 Å². The van der Waals surface area contributed by atoms with Gasteiger partial charge in [0.05, 0.1) is 15.7 Å². The summed E-state index contributed by atoms with van der Waals surface area (Å²) in [7, 11) is 0. The minimum Gasteiger partial charge on any atom is -0.237 e. The summed E-state index contributed by atoms with van der Waals surface area (Å²) in [6.07, 6.45) is 0. The highest BCUT2D eigenvalue weighted by molar-refractivity contribution is 6.41. The normalized spacial score (nSPS) is 11.2. The lowest BCUT2D eigenvalue weighted by atomic mass is 10.1. The molecule has 0 heterocycles. The molecule has 0 aromatic heterocycles. The molecule has 0 saturated carbocycles. The molecule has 0 unspecified atom stereocenters. The van der Waals surface area contributed by atoms with Crippen LogP contribution < -0.4 is 0 Å². The van der Waals surface area contributed by atoms with Gasteiger partial charge in [0.1, 0.15) is 6.07 Å². The third kappa shape index (κ3) is 2.96. The summed E-state index contributed by atoms with van der Waals surface area (Å²) in [5.74, 6) is 0. The number of hydrogen-bond donors (Lipinski definition) is 0. The van der Waals surface area contributed by atoms with Gasteiger partial charge < -0.3 is 0 Å². The number of aliphatic imine (C=N–C) groups is 1. The second-order valence-corrected chi connectivity index (χ2v) is 4.77. The summed E-state index contributed by atoms with van der Waals surface area (Å²) in [6, 6.07) is 14.7. The van der Waals surface area contributed by atoms with Crippen LogP contribution in [0.2, 0.25) is 10.0 Å². The van der Waals surface area contributed by atoms with E-state index in [4.69, 9.17) is 23.2 Å². The molecule has 0 N–H and O–H groups in total. The Labute approximate surface area is 121 Å². The molecule has 2 rings (SSSR count). The summed E-state index contributed by atoms with van der Waals surface area (Å²) in [5, 5.41) is 10.1. The fourth-order valence-corrected chi connectivity index (χ4v) is 2.25. The number of nitriles is 1. The van der Waals surface area contributed by atoms with Crippen LogP contribution >= 0.6 is 23.2 Å². The topological polar surface area (TPSA) is 36.1 Å². The number of nitrogens with zero attached hydrogens (tertiary/aromatic N) is 2. The Morgan fingerprint density at radius 3 is 2.26 bits per heavy atom. The molecule has 0 amide bonds. The molecule has 0 radical (unpaired) electrons. The Morgan fingerprint density at radius 2 is 1.68 bits per heavy atom. The maximum absolute atomic E-state index is 9.28. The van der Waals surface area contributed by atoms with Crippen molar-refractivity contribution < 1.29 is 0 Å². The van der Waals surface area contributed by atoms with E-state index < -0.39 is 0 Å². The molecule has 0 spiro atoms. The van der Waals surface area contributed by atoms with E-state index in [1.165, 1.54) is 0 Å². The average molecular weight is 289 g/mol. The largest absolute Gasteiger partial charge is 0.237 e. The van der Waals surface area contributed by atoms with Crippen molar-refractivity contribution in [2.24, 2.45) is 4.99 Å². The Hall–Kier alpha value is -1.82. The molecule has 2 nitrogen and oxygen atoms in total. The van der Waals surface area contributed by atoms with Crippen molar-refractivity contribution in [1.82, 2.24) is 0 Å². The Kier molecular flexibility index (Phi) is 4.21. The van der Waals surface area contributed by atoms with E-state index in [1.807, 2.05) is 31.2 Å². The lowest BCUT2D eigenvalue weighted by molar-refractivity contribution is 1.39. The van der Waals surface area contributed by atoms with Gasteiger partial charge in [-0.05, 0) is 30.7 Å². The predicted molar refractivity (Wildman–Crippen MR) is 79.5 cm³/mol.